The quantitative estimate of drug-likeness (QED) is 0.769. The van der Waals surface area contributed by atoms with Crippen LogP contribution in [-0.4, -0.2) is 15.7 Å². The van der Waals surface area contributed by atoms with E-state index < -0.39 is 0 Å². The zero-order chi connectivity index (χ0) is 17.1. The van der Waals surface area contributed by atoms with Crippen LogP contribution < -0.4 is 5.32 Å². The van der Waals surface area contributed by atoms with Crippen molar-refractivity contribution < 1.29 is 4.79 Å². The molecule has 0 saturated heterocycles. The molecular formula is C19H18ClN3O. The van der Waals surface area contributed by atoms with Crippen LogP contribution in [0.25, 0.3) is 5.69 Å². The van der Waals surface area contributed by atoms with E-state index in [4.69, 9.17) is 11.6 Å². The van der Waals surface area contributed by atoms with Gasteiger partial charge in [0.1, 0.15) is 0 Å². The fourth-order valence-corrected chi connectivity index (χ4v) is 2.87. The van der Waals surface area contributed by atoms with E-state index in [1.54, 1.807) is 12.1 Å². The number of amides is 1. The maximum Gasteiger partial charge on any atom is 0.228 e. The normalized spacial score (nSPS) is 10.6. The fourth-order valence-electron chi connectivity index (χ4n) is 2.66. The van der Waals surface area contributed by atoms with Crippen LogP contribution in [0.15, 0.2) is 54.6 Å². The lowest BCUT2D eigenvalue weighted by Crippen LogP contribution is -2.15. The third-order valence-electron chi connectivity index (χ3n) is 3.81. The minimum Gasteiger partial charge on any atom is -0.323 e. The number of benzene rings is 2. The average Bonchev–Trinajstić information content (AvgIpc) is 2.84. The van der Waals surface area contributed by atoms with Gasteiger partial charge >= 0.3 is 0 Å². The van der Waals surface area contributed by atoms with Crippen molar-refractivity contribution in [1.82, 2.24) is 9.78 Å². The average molecular weight is 340 g/mol. The Morgan fingerprint density at radius 1 is 1.12 bits per heavy atom. The van der Waals surface area contributed by atoms with Gasteiger partial charge in [-0.3, -0.25) is 4.79 Å². The Balaban J connectivity index is 1.80. The number of rotatable bonds is 4. The number of para-hydroxylation sites is 1. The number of halogens is 1. The van der Waals surface area contributed by atoms with Gasteiger partial charge in [-0.2, -0.15) is 5.10 Å². The van der Waals surface area contributed by atoms with Gasteiger partial charge < -0.3 is 5.32 Å². The second kappa shape index (κ2) is 6.89. The SMILES string of the molecule is Cc1nn(-c2ccccc2)c(C)c1NC(=O)Cc1cccc(Cl)c1. The summed E-state index contributed by atoms with van der Waals surface area (Å²) in [6.45, 7) is 3.84. The van der Waals surface area contributed by atoms with Crippen LogP contribution in [0.3, 0.4) is 0 Å². The van der Waals surface area contributed by atoms with Crippen molar-refractivity contribution in [3.8, 4) is 5.69 Å². The van der Waals surface area contributed by atoms with Crippen molar-refractivity contribution in [2.45, 2.75) is 20.3 Å². The molecular weight excluding hydrogens is 322 g/mol. The zero-order valence-electron chi connectivity index (χ0n) is 13.6. The molecule has 1 aromatic heterocycles. The van der Waals surface area contributed by atoms with Gasteiger partial charge in [-0.15, -0.1) is 0 Å². The summed E-state index contributed by atoms with van der Waals surface area (Å²) in [6, 6.07) is 17.2. The summed E-state index contributed by atoms with van der Waals surface area (Å²) in [5.74, 6) is -0.0870. The molecule has 1 N–H and O–H groups in total. The Morgan fingerprint density at radius 2 is 1.88 bits per heavy atom. The van der Waals surface area contributed by atoms with Crippen LogP contribution in [0.5, 0.6) is 0 Å². The predicted octanol–water partition coefficient (Wildman–Crippen LogP) is 4.32. The summed E-state index contributed by atoms with van der Waals surface area (Å²) in [5.41, 5.74) is 4.29. The Hall–Kier alpha value is -2.59. The summed E-state index contributed by atoms with van der Waals surface area (Å²) in [5, 5.41) is 8.14. The van der Waals surface area contributed by atoms with E-state index in [2.05, 4.69) is 10.4 Å². The highest BCUT2D eigenvalue weighted by atomic mass is 35.5. The minimum atomic E-state index is -0.0870. The van der Waals surface area contributed by atoms with E-state index in [0.29, 0.717) is 5.02 Å². The minimum absolute atomic E-state index is 0.0870. The van der Waals surface area contributed by atoms with Gasteiger partial charge in [-0.25, -0.2) is 4.68 Å². The highest BCUT2D eigenvalue weighted by Crippen LogP contribution is 2.23. The molecule has 0 saturated carbocycles. The zero-order valence-corrected chi connectivity index (χ0v) is 14.3. The summed E-state index contributed by atoms with van der Waals surface area (Å²) in [7, 11) is 0. The second-order valence-corrected chi connectivity index (χ2v) is 6.08. The molecule has 1 heterocycles. The highest BCUT2D eigenvalue weighted by molar-refractivity contribution is 6.30. The molecule has 2 aromatic carbocycles. The van der Waals surface area contributed by atoms with Crippen molar-refractivity contribution >= 4 is 23.2 Å². The van der Waals surface area contributed by atoms with Gasteiger partial charge in [0.2, 0.25) is 5.91 Å². The largest absolute Gasteiger partial charge is 0.323 e. The third-order valence-corrected chi connectivity index (χ3v) is 4.05. The summed E-state index contributed by atoms with van der Waals surface area (Å²) in [4.78, 5) is 12.4. The number of anilines is 1. The molecule has 0 aliphatic carbocycles. The van der Waals surface area contributed by atoms with Gasteiger partial charge in [-0.1, -0.05) is 41.9 Å². The number of carbonyl (C=O) groups excluding carboxylic acids is 1. The molecule has 1 amide bonds. The van der Waals surface area contributed by atoms with E-state index in [1.165, 1.54) is 0 Å². The van der Waals surface area contributed by atoms with Crippen molar-refractivity contribution in [2.24, 2.45) is 0 Å². The number of aryl methyl sites for hydroxylation is 1. The Bertz CT molecular complexity index is 872. The van der Waals surface area contributed by atoms with E-state index >= 15 is 0 Å². The lowest BCUT2D eigenvalue weighted by molar-refractivity contribution is -0.115. The lowest BCUT2D eigenvalue weighted by atomic mass is 10.1. The summed E-state index contributed by atoms with van der Waals surface area (Å²) >= 11 is 5.97. The highest BCUT2D eigenvalue weighted by Gasteiger charge is 2.15. The van der Waals surface area contributed by atoms with Crippen molar-refractivity contribution in [3.05, 3.63) is 76.6 Å². The molecule has 4 nitrogen and oxygen atoms in total. The molecule has 3 rings (SSSR count). The van der Waals surface area contributed by atoms with Gasteiger partial charge in [0.15, 0.2) is 0 Å². The lowest BCUT2D eigenvalue weighted by Gasteiger charge is -2.07. The number of hydrogen-bond donors (Lipinski definition) is 1. The molecule has 122 valence electrons. The monoisotopic (exact) mass is 339 g/mol. The van der Waals surface area contributed by atoms with Crippen LogP contribution in [0.4, 0.5) is 5.69 Å². The fraction of sp³-hybridized carbons (Fsp3) is 0.158. The molecule has 0 spiro atoms. The number of nitrogens with zero attached hydrogens (tertiary/aromatic N) is 2. The van der Waals surface area contributed by atoms with E-state index in [0.717, 1.165) is 28.3 Å². The Labute approximate surface area is 146 Å². The van der Waals surface area contributed by atoms with Crippen LogP contribution in [-0.2, 0) is 11.2 Å². The molecule has 0 aliphatic heterocycles. The first kappa shape index (κ1) is 16.3. The van der Waals surface area contributed by atoms with Gasteiger partial charge in [0.25, 0.3) is 0 Å². The first-order valence-corrected chi connectivity index (χ1v) is 8.08. The molecule has 3 aromatic rings. The molecule has 0 aliphatic rings. The number of aromatic nitrogens is 2. The van der Waals surface area contributed by atoms with Crippen molar-refractivity contribution in [3.63, 3.8) is 0 Å². The Morgan fingerprint density at radius 3 is 2.58 bits per heavy atom. The maximum absolute atomic E-state index is 12.4. The third kappa shape index (κ3) is 3.49. The maximum atomic E-state index is 12.4. The second-order valence-electron chi connectivity index (χ2n) is 5.65. The van der Waals surface area contributed by atoms with Crippen molar-refractivity contribution in [2.75, 3.05) is 5.32 Å². The van der Waals surface area contributed by atoms with E-state index in [1.807, 2.05) is 61.0 Å². The van der Waals surface area contributed by atoms with E-state index in [9.17, 15) is 4.79 Å². The van der Waals surface area contributed by atoms with Gasteiger partial charge in [0.05, 0.1) is 29.2 Å². The van der Waals surface area contributed by atoms with E-state index in [-0.39, 0.29) is 12.3 Å². The van der Waals surface area contributed by atoms with Crippen molar-refractivity contribution in [1.29, 1.82) is 0 Å². The number of carbonyl (C=O) groups is 1. The topological polar surface area (TPSA) is 46.9 Å². The number of hydrogen-bond acceptors (Lipinski definition) is 2. The van der Waals surface area contributed by atoms with Gasteiger partial charge in [-0.05, 0) is 43.7 Å². The standard InChI is InChI=1S/C19H18ClN3O/c1-13-19(14(2)23(22-13)17-9-4-3-5-10-17)21-18(24)12-15-7-6-8-16(20)11-15/h3-11H,12H2,1-2H3,(H,21,24). The Kier molecular flexibility index (Phi) is 4.67. The van der Waals surface area contributed by atoms with Crippen LogP contribution in [0.1, 0.15) is 17.0 Å². The van der Waals surface area contributed by atoms with Gasteiger partial charge in [0, 0.05) is 5.02 Å². The molecule has 0 atom stereocenters. The first-order chi connectivity index (χ1) is 11.5. The smallest absolute Gasteiger partial charge is 0.228 e. The first-order valence-electron chi connectivity index (χ1n) is 7.70. The molecule has 0 bridgehead atoms. The van der Waals surface area contributed by atoms with Crippen LogP contribution in [0, 0.1) is 13.8 Å². The molecule has 5 heteroatoms. The summed E-state index contributed by atoms with van der Waals surface area (Å²) < 4.78 is 1.84. The molecule has 0 radical (unpaired) electrons. The molecule has 0 unspecified atom stereocenters. The number of nitrogens with one attached hydrogen (secondary N) is 1. The molecule has 0 fully saturated rings. The molecule has 24 heavy (non-hydrogen) atoms. The summed E-state index contributed by atoms with van der Waals surface area (Å²) in [6.07, 6.45) is 0.274. The van der Waals surface area contributed by atoms with Crippen LogP contribution in [0.2, 0.25) is 5.02 Å². The van der Waals surface area contributed by atoms with Crippen LogP contribution >= 0.6 is 11.6 Å². The predicted molar refractivity (Wildman–Crippen MR) is 96.8 cm³/mol.